The lowest BCUT2D eigenvalue weighted by molar-refractivity contribution is -0.144. The Labute approximate surface area is 93.6 Å². The van der Waals surface area contributed by atoms with E-state index in [1.54, 1.807) is 0 Å². The topological polar surface area (TPSA) is 80.9 Å². The van der Waals surface area contributed by atoms with Gasteiger partial charge in [0, 0.05) is 0 Å². The number of aromatic nitrogens is 4. The zero-order valence-electron chi connectivity index (χ0n) is 9.39. The van der Waals surface area contributed by atoms with Gasteiger partial charge in [-0.15, -0.1) is 10.2 Å². The third-order valence-corrected chi connectivity index (χ3v) is 3.17. The summed E-state index contributed by atoms with van der Waals surface area (Å²) in [6, 6.07) is 0. The third-order valence-electron chi connectivity index (χ3n) is 3.17. The van der Waals surface area contributed by atoms with E-state index in [9.17, 15) is 9.90 Å². The highest BCUT2D eigenvalue weighted by Gasteiger charge is 2.46. The van der Waals surface area contributed by atoms with Crippen molar-refractivity contribution in [3.05, 3.63) is 5.82 Å². The van der Waals surface area contributed by atoms with Crippen LogP contribution in [-0.2, 0) is 16.8 Å². The molecule has 1 aliphatic rings. The Hall–Kier alpha value is -1.46. The Bertz CT molecular complexity index is 382. The summed E-state index contributed by atoms with van der Waals surface area (Å²) >= 11 is 0. The minimum Gasteiger partial charge on any atom is -0.480 e. The molecule has 0 aliphatic heterocycles. The Morgan fingerprint density at radius 2 is 2.19 bits per heavy atom. The molecule has 16 heavy (non-hydrogen) atoms. The number of aryl methyl sites for hydroxylation is 1. The average molecular weight is 224 g/mol. The molecule has 88 valence electrons. The number of carboxylic acid groups (broad SMARTS) is 1. The Morgan fingerprint density at radius 3 is 2.75 bits per heavy atom. The second kappa shape index (κ2) is 4.19. The first-order valence-electron chi connectivity index (χ1n) is 5.71. The molecule has 0 unspecified atom stereocenters. The highest BCUT2D eigenvalue weighted by Crippen LogP contribution is 2.39. The predicted molar refractivity (Wildman–Crippen MR) is 55.9 cm³/mol. The van der Waals surface area contributed by atoms with E-state index in [-0.39, 0.29) is 0 Å². The zero-order chi connectivity index (χ0) is 11.6. The van der Waals surface area contributed by atoms with E-state index in [0.717, 1.165) is 19.3 Å². The van der Waals surface area contributed by atoms with Gasteiger partial charge in [0.1, 0.15) is 5.41 Å². The number of tetrazole rings is 1. The molecule has 1 fully saturated rings. The number of rotatable bonds is 4. The van der Waals surface area contributed by atoms with Crippen molar-refractivity contribution in [2.75, 3.05) is 0 Å². The molecule has 0 bridgehead atoms. The fourth-order valence-corrected chi connectivity index (χ4v) is 2.24. The van der Waals surface area contributed by atoms with E-state index < -0.39 is 11.4 Å². The van der Waals surface area contributed by atoms with Gasteiger partial charge < -0.3 is 5.11 Å². The van der Waals surface area contributed by atoms with Crippen LogP contribution in [0.3, 0.4) is 0 Å². The van der Waals surface area contributed by atoms with Crippen molar-refractivity contribution >= 4 is 5.97 Å². The standard InChI is InChI=1S/C10H16N4O2/c1-2-7-14-12-8(11-13-14)10(9(15)16)5-3-4-6-10/h2-7H2,1H3,(H,15,16). The molecule has 6 nitrogen and oxygen atoms in total. The van der Waals surface area contributed by atoms with Crippen LogP contribution in [0.2, 0.25) is 0 Å². The van der Waals surface area contributed by atoms with E-state index in [2.05, 4.69) is 15.4 Å². The first-order chi connectivity index (χ1) is 7.69. The molecule has 6 heteroatoms. The van der Waals surface area contributed by atoms with E-state index in [4.69, 9.17) is 0 Å². The van der Waals surface area contributed by atoms with E-state index in [1.165, 1.54) is 4.80 Å². The van der Waals surface area contributed by atoms with E-state index in [0.29, 0.717) is 25.2 Å². The fraction of sp³-hybridized carbons (Fsp3) is 0.800. The molecule has 0 amide bonds. The zero-order valence-corrected chi connectivity index (χ0v) is 9.39. The number of carbonyl (C=O) groups is 1. The second-order valence-corrected chi connectivity index (χ2v) is 4.30. The fourth-order valence-electron chi connectivity index (χ4n) is 2.24. The van der Waals surface area contributed by atoms with Gasteiger partial charge in [0.15, 0.2) is 5.82 Å². The average Bonchev–Trinajstić information content (AvgIpc) is 2.85. The predicted octanol–water partition coefficient (Wildman–Crippen LogP) is 0.979. The molecule has 0 saturated heterocycles. The van der Waals surface area contributed by atoms with Gasteiger partial charge in [-0.3, -0.25) is 4.79 Å². The summed E-state index contributed by atoms with van der Waals surface area (Å²) in [5, 5.41) is 21.3. The molecule has 0 aromatic carbocycles. The largest absolute Gasteiger partial charge is 0.480 e. The van der Waals surface area contributed by atoms with Crippen LogP contribution in [0.4, 0.5) is 0 Å². The summed E-state index contributed by atoms with van der Waals surface area (Å²) in [4.78, 5) is 12.9. The number of carboxylic acids is 1. The molecule has 1 heterocycles. The van der Waals surface area contributed by atoms with Crippen LogP contribution < -0.4 is 0 Å². The van der Waals surface area contributed by atoms with Crippen LogP contribution in [-0.4, -0.2) is 31.3 Å². The van der Waals surface area contributed by atoms with E-state index >= 15 is 0 Å². The quantitative estimate of drug-likeness (QED) is 0.824. The molecule has 1 aliphatic carbocycles. The molecule has 1 saturated carbocycles. The Kier molecular flexibility index (Phi) is 2.89. The monoisotopic (exact) mass is 224 g/mol. The summed E-state index contributed by atoms with van der Waals surface area (Å²) in [6.07, 6.45) is 4.01. The van der Waals surface area contributed by atoms with Crippen molar-refractivity contribution in [1.82, 2.24) is 20.2 Å². The lowest BCUT2D eigenvalue weighted by atomic mass is 9.86. The van der Waals surface area contributed by atoms with Gasteiger partial charge in [-0.2, -0.15) is 4.80 Å². The molecule has 0 spiro atoms. The van der Waals surface area contributed by atoms with Gasteiger partial charge in [0.25, 0.3) is 0 Å². The van der Waals surface area contributed by atoms with Gasteiger partial charge >= 0.3 is 5.97 Å². The van der Waals surface area contributed by atoms with Crippen LogP contribution >= 0.6 is 0 Å². The van der Waals surface area contributed by atoms with Crippen LogP contribution in [0.1, 0.15) is 44.9 Å². The van der Waals surface area contributed by atoms with Crippen molar-refractivity contribution in [2.45, 2.75) is 51.0 Å². The normalized spacial score (nSPS) is 18.8. The lowest BCUT2D eigenvalue weighted by Crippen LogP contribution is -2.34. The molecule has 0 atom stereocenters. The summed E-state index contributed by atoms with van der Waals surface area (Å²) in [5.74, 6) is -0.438. The lowest BCUT2D eigenvalue weighted by Gasteiger charge is -2.18. The SMILES string of the molecule is CCCn1nnc(C2(C(=O)O)CCCC2)n1. The highest BCUT2D eigenvalue weighted by atomic mass is 16.4. The van der Waals surface area contributed by atoms with Crippen LogP contribution in [0.15, 0.2) is 0 Å². The molecule has 1 aromatic rings. The summed E-state index contributed by atoms with van der Waals surface area (Å²) in [6.45, 7) is 2.70. The molecular weight excluding hydrogens is 208 g/mol. The van der Waals surface area contributed by atoms with Crippen molar-refractivity contribution < 1.29 is 9.90 Å². The maximum atomic E-state index is 11.4. The molecular formula is C10H16N4O2. The summed E-state index contributed by atoms with van der Waals surface area (Å²) < 4.78 is 0. The second-order valence-electron chi connectivity index (χ2n) is 4.30. The van der Waals surface area contributed by atoms with Crippen molar-refractivity contribution in [3.63, 3.8) is 0 Å². The minimum atomic E-state index is -0.883. The molecule has 1 N–H and O–H groups in total. The van der Waals surface area contributed by atoms with Gasteiger partial charge in [-0.1, -0.05) is 19.8 Å². The molecule has 2 rings (SSSR count). The molecule has 0 radical (unpaired) electrons. The minimum absolute atomic E-state index is 0.381. The maximum absolute atomic E-state index is 11.4. The summed E-state index contributed by atoms with van der Waals surface area (Å²) in [7, 11) is 0. The van der Waals surface area contributed by atoms with Crippen LogP contribution in [0, 0.1) is 0 Å². The number of aliphatic carboxylic acids is 1. The van der Waals surface area contributed by atoms with Crippen molar-refractivity contribution in [2.24, 2.45) is 0 Å². The number of hydrogen-bond donors (Lipinski definition) is 1. The maximum Gasteiger partial charge on any atom is 0.317 e. The van der Waals surface area contributed by atoms with Crippen molar-refractivity contribution in [3.8, 4) is 0 Å². The van der Waals surface area contributed by atoms with E-state index in [1.807, 2.05) is 6.92 Å². The number of nitrogens with zero attached hydrogens (tertiary/aromatic N) is 4. The summed E-state index contributed by atoms with van der Waals surface area (Å²) in [5.41, 5.74) is -0.883. The first-order valence-corrected chi connectivity index (χ1v) is 5.71. The van der Waals surface area contributed by atoms with Crippen LogP contribution in [0.25, 0.3) is 0 Å². The molecule has 1 aromatic heterocycles. The van der Waals surface area contributed by atoms with Gasteiger partial charge in [-0.05, 0) is 24.5 Å². The first kappa shape index (κ1) is 11.0. The Balaban J connectivity index is 2.28. The third kappa shape index (κ3) is 1.68. The van der Waals surface area contributed by atoms with Crippen molar-refractivity contribution in [1.29, 1.82) is 0 Å². The van der Waals surface area contributed by atoms with Gasteiger partial charge in [-0.25, -0.2) is 0 Å². The Morgan fingerprint density at radius 1 is 1.50 bits per heavy atom. The number of hydrogen-bond acceptors (Lipinski definition) is 4. The highest BCUT2D eigenvalue weighted by molar-refractivity contribution is 5.80. The van der Waals surface area contributed by atoms with Gasteiger partial charge in [0.05, 0.1) is 6.54 Å². The van der Waals surface area contributed by atoms with Crippen LogP contribution in [0.5, 0.6) is 0 Å². The smallest absolute Gasteiger partial charge is 0.317 e. The van der Waals surface area contributed by atoms with Gasteiger partial charge in [0.2, 0.25) is 0 Å².